The molecule has 1 fully saturated rings. The van der Waals surface area contributed by atoms with Crippen molar-refractivity contribution in [1.29, 1.82) is 0 Å². The van der Waals surface area contributed by atoms with Gasteiger partial charge in [-0.25, -0.2) is 18.4 Å². The van der Waals surface area contributed by atoms with Gasteiger partial charge in [-0.05, 0) is 118 Å². The van der Waals surface area contributed by atoms with E-state index in [9.17, 15) is 19.2 Å². The quantitative estimate of drug-likeness (QED) is 0.0895. The summed E-state index contributed by atoms with van der Waals surface area (Å²) < 4.78 is 35.7. The third-order valence-corrected chi connectivity index (χ3v) is 12.1. The molecule has 0 atom stereocenters. The first-order valence-electron chi connectivity index (χ1n) is 19.8. The molecule has 0 unspecified atom stereocenters. The lowest BCUT2D eigenvalue weighted by Crippen LogP contribution is -2.61. The second-order valence-corrected chi connectivity index (χ2v) is 16.6. The molecule has 58 heavy (non-hydrogen) atoms. The lowest BCUT2D eigenvalue weighted by molar-refractivity contribution is 0.0297. The molecule has 0 saturated carbocycles. The van der Waals surface area contributed by atoms with E-state index < -0.39 is 23.5 Å². The Bertz CT molecular complexity index is 2120. The monoisotopic (exact) mass is 815 g/mol. The van der Waals surface area contributed by atoms with Gasteiger partial charge in [-0.15, -0.1) is 11.3 Å². The smallest absolute Gasteiger partial charge is 0.335 e. The van der Waals surface area contributed by atoms with Gasteiger partial charge in [0.05, 0.1) is 11.1 Å². The van der Waals surface area contributed by atoms with E-state index >= 15 is 8.78 Å². The van der Waals surface area contributed by atoms with Crippen LogP contribution in [0.25, 0.3) is 0 Å². The van der Waals surface area contributed by atoms with Crippen molar-refractivity contribution in [2.75, 3.05) is 50.5 Å². The van der Waals surface area contributed by atoms with E-state index in [2.05, 4.69) is 34.7 Å². The Morgan fingerprint density at radius 2 is 1.60 bits per heavy atom. The number of unbranched alkanes of at least 4 members (excludes halogenated alkanes) is 1. The van der Waals surface area contributed by atoms with Gasteiger partial charge in [0, 0.05) is 73.7 Å². The fourth-order valence-corrected chi connectivity index (χ4v) is 8.91. The number of aryl methyl sites for hydroxylation is 2. The number of benzene rings is 3. The molecule has 4 amide bonds. The van der Waals surface area contributed by atoms with E-state index in [0.29, 0.717) is 61.9 Å². The van der Waals surface area contributed by atoms with Gasteiger partial charge in [0.15, 0.2) is 0 Å². The average molecular weight is 816 g/mol. The standard InChI is InChI=1S/C44H51F2N5O6S/c1-44(2)27-50(43(56)47-19-6-7-22-57-3)20-21-51(44)26-29-9-8-10-31(23-29)39(52)49-41-38(34-11-4-5-12-37(34)58-41)40(53)48-32-24-35(45)33(36(46)25-32)18-15-28-13-16-30(17-14-28)42(54)55/h8-10,13-14,16-17,23-25H,4-7,11-12,15,18-22,26-27H2,1-3H3,(H,47,56)(H,48,53)(H,49,52)(H,54,55). The van der Waals surface area contributed by atoms with Crippen molar-refractivity contribution >= 4 is 45.8 Å². The molecule has 308 valence electrons. The molecule has 6 rings (SSSR count). The van der Waals surface area contributed by atoms with E-state index in [1.54, 1.807) is 25.3 Å². The number of rotatable bonds is 15. The number of nitrogens with zero attached hydrogens (tertiary/aromatic N) is 2. The number of carboxylic acids is 1. The number of thiophene rings is 1. The molecule has 2 aliphatic rings. The van der Waals surface area contributed by atoms with Crippen molar-refractivity contribution in [2.45, 2.75) is 77.3 Å². The minimum atomic E-state index is -1.06. The molecule has 1 aromatic heterocycles. The number of carbonyl (C=O) groups excluding carboxylic acids is 3. The number of aromatic carboxylic acids is 1. The highest BCUT2D eigenvalue weighted by Crippen LogP contribution is 2.39. The van der Waals surface area contributed by atoms with Crippen LogP contribution < -0.4 is 16.0 Å². The Kier molecular flexibility index (Phi) is 13.9. The Morgan fingerprint density at radius 3 is 2.31 bits per heavy atom. The molecule has 4 N–H and O–H groups in total. The first kappa shape index (κ1) is 42.4. The molecule has 11 nitrogen and oxygen atoms in total. The third kappa shape index (κ3) is 10.5. The summed E-state index contributed by atoms with van der Waals surface area (Å²) in [4.78, 5) is 56.8. The van der Waals surface area contributed by atoms with Gasteiger partial charge >= 0.3 is 12.0 Å². The lowest BCUT2D eigenvalue weighted by atomic mass is 9.95. The molecule has 0 bridgehead atoms. The van der Waals surface area contributed by atoms with Gasteiger partial charge in [-0.2, -0.15) is 0 Å². The Balaban J connectivity index is 1.10. The summed E-state index contributed by atoms with van der Waals surface area (Å²) in [5.74, 6) is -3.61. The molecule has 1 saturated heterocycles. The maximum absolute atomic E-state index is 15.3. The number of ether oxygens (including phenoxy) is 1. The topological polar surface area (TPSA) is 140 Å². The van der Waals surface area contributed by atoms with Crippen LogP contribution in [0.3, 0.4) is 0 Å². The predicted octanol–water partition coefficient (Wildman–Crippen LogP) is 7.93. The number of fused-ring (bicyclic) bond motifs is 1. The van der Waals surface area contributed by atoms with Crippen LogP contribution in [0.2, 0.25) is 0 Å². The summed E-state index contributed by atoms with van der Waals surface area (Å²) in [5.41, 5.74) is 2.87. The molecular formula is C44H51F2N5O6S. The van der Waals surface area contributed by atoms with Crippen LogP contribution in [0, 0.1) is 11.6 Å². The van der Waals surface area contributed by atoms with E-state index in [0.717, 1.165) is 65.8 Å². The van der Waals surface area contributed by atoms with Crippen molar-refractivity contribution in [3.05, 3.63) is 116 Å². The number of methoxy groups -OCH3 is 1. The summed E-state index contributed by atoms with van der Waals surface area (Å²) in [5, 5.41) is 18.2. The summed E-state index contributed by atoms with van der Waals surface area (Å²) in [6.45, 7) is 7.87. The highest BCUT2D eigenvalue weighted by Gasteiger charge is 2.35. The number of carbonyl (C=O) groups is 4. The van der Waals surface area contributed by atoms with Crippen molar-refractivity contribution in [1.82, 2.24) is 15.1 Å². The van der Waals surface area contributed by atoms with Crippen LogP contribution in [-0.2, 0) is 37.0 Å². The first-order chi connectivity index (χ1) is 27.8. The van der Waals surface area contributed by atoms with Crippen molar-refractivity contribution in [3.63, 3.8) is 0 Å². The minimum absolute atomic E-state index is 0.0389. The molecular weight excluding hydrogens is 765 g/mol. The fraction of sp³-hybridized carbons (Fsp3) is 0.409. The zero-order valence-electron chi connectivity index (χ0n) is 33.2. The van der Waals surface area contributed by atoms with Gasteiger partial charge in [0.25, 0.3) is 11.8 Å². The summed E-state index contributed by atoms with van der Waals surface area (Å²) in [6.07, 6.45) is 5.31. The van der Waals surface area contributed by atoms with Crippen LogP contribution in [0.5, 0.6) is 0 Å². The minimum Gasteiger partial charge on any atom is -0.478 e. The molecule has 1 aliphatic heterocycles. The molecule has 0 spiro atoms. The highest BCUT2D eigenvalue weighted by atomic mass is 32.1. The van der Waals surface area contributed by atoms with Gasteiger partial charge in [-0.3, -0.25) is 14.5 Å². The third-order valence-electron chi connectivity index (χ3n) is 10.9. The summed E-state index contributed by atoms with van der Waals surface area (Å²) in [6, 6.07) is 15.6. The number of anilines is 2. The molecule has 2 heterocycles. The first-order valence-corrected chi connectivity index (χ1v) is 20.6. The van der Waals surface area contributed by atoms with Crippen molar-refractivity contribution in [3.8, 4) is 0 Å². The zero-order chi connectivity index (χ0) is 41.4. The normalized spacial score (nSPS) is 15.1. The number of amides is 4. The highest BCUT2D eigenvalue weighted by molar-refractivity contribution is 7.17. The zero-order valence-corrected chi connectivity index (χ0v) is 34.0. The van der Waals surface area contributed by atoms with Crippen molar-refractivity contribution in [2.24, 2.45) is 0 Å². The number of halogens is 2. The molecule has 4 aromatic rings. The fourth-order valence-electron chi connectivity index (χ4n) is 7.63. The van der Waals surface area contributed by atoms with E-state index in [1.807, 2.05) is 23.1 Å². The molecule has 0 radical (unpaired) electrons. The maximum Gasteiger partial charge on any atom is 0.335 e. The molecule has 14 heteroatoms. The average Bonchev–Trinajstić information content (AvgIpc) is 3.56. The number of piperazine rings is 1. The molecule has 1 aliphatic carbocycles. The van der Waals surface area contributed by atoms with Gasteiger partial charge in [0.1, 0.15) is 16.6 Å². The van der Waals surface area contributed by atoms with Gasteiger partial charge in [-0.1, -0.05) is 24.3 Å². The van der Waals surface area contributed by atoms with E-state index in [4.69, 9.17) is 9.84 Å². The summed E-state index contributed by atoms with van der Waals surface area (Å²) >= 11 is 1.36. The van der Waals surface area contributed by atoms with Gasteiger partial charge in [0.2, 0.25) is 0 Å². The van der Waals surface area contributed by atoms with Crippen LogP contribution in [0.4, 0.5) is 24.3 Å². The maximum atomic E-state index is 15.3. The van der Waals surface area contributed by atoms with Crippen LogP contribution in [0.15, 0.2) is 60.7 Å². The Hall–Kier alpha value is -5.18. The molecule has 3 aromatic carbocycles. The van der Waals surface area contributed by atoms with Crippen molar-refractivity contribution < 1.29 is 37.8 Å². The SMILES string of the molecule is COCCCCNC(=O)N1CCN(Cc2cccc(C(=O)Nc3sc4c(c3C(=O)Nc3cc(F)c(CCc5ccc(C(=O)O)cc5)c(F)c3)CCCC4)c2)C(C)(C)C1. The van der Waals surface area contributed by atoms with Gasteiger partial charge < -0.3 is 30.7 Å². The van der Waals surface area contributed by atoms with E-state index in [1.165, 1.54) is 23.5 Å². The van der Waals surface area contributed by atoms with Crippen LogP contribution >= 0.6 is 11.3 Å². The summed E-state index contributed by atoms with van der Waals surface area (Å²) in [7, 11) is 1.67. The van der Waals surface area contributed by atoms with Crippen LogP contribution in [-0.4, -0.2) is 84.2 Å². The largest absolute Gasteiger partial charge is 0.478 e. The second-order valence-electron chi connectivity index (χ2n) is 15.5. The van der Waals surface area contributed by atoms with E-state index in [-0.39, 0.29) is 47.1 Å². The number of hydrogen-bond donors (Lipinski definition) is 4. The number of nitrogens with one attached hydrogen (secondary N) is 3. The Labute approximate surface area is 341 Å². The number of hydrogen-bond acceptors (Lipinski definition) is 7. The number of urea groups is 1. The predicted molar refractivity (Wildman–Crippen MR) is 221 cm³/mol. The number of carboxylic acid groups (broad SMARTS) is 1. The lowest BCUT2D eigenvalue weighted by Gasteiger charge is -2.47. The Morgan fingerprint density at radius 1 is 0.862 bits per heavy atom. The second kappa shape index (κ2) is 19.0. The van der Waals surface area contributed by atoms with Crippen LogP contribution in [0.1, 0.15) is 97.7 Å².